The van der Waals surface area contributed by atoms with Crippen molar-refractivity contribution in [3.05, 3.63) is 5.53 Å². The summed E-state index contributed by atoms with van der Waals surface area (Å²) < 4.78 is 0. The zero-order valence-electron chi connectivity index (χ0n) is 16.6. The highest BCUT2D eigenvalue weighted by Crippen LogP contribution is 2.67. The maximum Gasteiger partial charge on any atom is 0.337 e. The molecule has 4 aliphatic rings. The van der Waals surface area contributed by atoms with Crippen molar-refractivity contribution in [2.24, 2.45) is 46.3 Å². The lowest BCUT2D eigenvalue weighted by molar-refractivity contribution is -0.133. The second kappa shape index (κ2) is 6.27. The Bertz CT molecular complexity index is 655. The van der Waals surface area contributed by atoms with Crippen molar-refractivity contribution in [2.75, 3.05) is 6.61 Å². The van der Waals surface area contributed by atoms with Gasteiger partial charge in [0.05, 0.1) is 5.92 Å². The summed E-state index contributed by atoms with van der Waals surface area (Å²) in [7, 11) is 0. The van der Waals surface area contributed by atoms with Crippen LogP contribution in [-0.2, 0) is 4.79 Å². The van der Waals surface area contributed by atoms with Gasteiger partial charge in [0, 0.05) is 13.0 Å². The number of fused-ring (bicyclic) bond motifs is 5. The third kappa shape index (κ3) is 2.34. The fourth-order valence-corrected chi connectivity index (χ4v) is 8.20. The maximum atomic E-state index is 12.3. The second-order valence-corrected chi connectivity index (χ2v) is 10.3. The van der Waals surface area contributed by atoms with Gasteiger partial charge in [-0.25, -0.2) is 0 Å². The topological polar surface area (TPSA) is 73.7 Å². The molecule has 4 aliphatic carbocycles. The molecule has 0 aromatic carbocycles. The average Bonchev–Trinajstić information content (AvgIpc) is 2.99. The van der Waals surface area contributed by atoms with Gasteiger partial charge in [-0.05, 0) is 85.4 Å². The zero-order valence-corrected chi connectivity index (χ0v) is 16.6. The van der Waals surface area contributed by atoms with Gasteiger partial charge in [0.1, 0.15) is 0 Å². The number of nitrogens with zero attached hydrogens (tertiary/aromatic N) is 2. The van der Waals surface area contributed by atoms with Gasteiger partial charge < -0.3 is 10.6 Å². The van der Waals surface area contributed by atoms with E-state index in [0.717, 1.165) is 31.1 Å². The van der Waals surface area contributed by atoms with Gasteiger partial charge in [0.2, 0.25) is 5.78 Å². The number of rotatable bonds is 2. The molecule has 4 fully saturated rings. The van der Waals surface area contributed by atoms with Crippen LogP contribution < -0.4 is 0 Å². The molecule has 1 N–H and O–H groups in total. The van der Waals surface area contributed by atoms with E-state index in [4.69, 9.17) is 0 Å². The molecule has 0 aliphatic heterocycles. The van der Waals surface area contributed by atoms with E-state index in [1.807, 2.05) is 0 Å². The smallest absolute Gasteiger partial charge is 0.337 e. The minimum absolute atomic E-state index is 0.0618. The fourth-order valence-electron chi connectivity index (χ4n) is 8.20. The van der Waals surface area contributed by atoms with Crippen LogP contribution in [0.25, 0.3) is 5.53 Å². The van der Waals surface area contributed by atoms with E-state index in [1.165, 1.54) is 25.7 Å². The van der Waals surface area contributed by atoms with Gasteiger partial charge in [-0.1, -0.05) is 20.8 Å². The summed E-state index contributed by atoms with van der Waals surface area (Å²) in [5.74, 6) is 3.39. The summed E-state index contributed by atoms with van der Waals surface area (Å²) in [5.41, 5.74) is 10.4. The molecule has 4 rings (SSSR count). The third-order valence-electron chi connectivity index (χ3n) is 9.53. The molecule has 0 aromatic rings. The molecule has 4 nitrogen and oxygen atoms in total. The summed E-state index contributed by atoms with van der Waals surface area (Å²) in [4.78, 5) is 15.7. The van der Waals surface area contributed by atoms with E-state index >= 15 is 0 Å². The highest BCUT2D eigenvalue weighted by molar-refractivity contribution is 6.39. The minimum atomic E-state index is 0.0618. The van der Waals surface area contributed by atoms with E-state index in [-0.39, 0.29) is 17.1 Å². The molecule has 0 spiro atoms. The molecule has 144 valence electrons. The number of carbonyl (C=O) groups is 1. The summed E-state index contributed by atoms with van der Waals surface area (Å²) in [6, 6.07) is 0. The first-order valence-corrected chi connectivity index (χ1v) is 10.7. The number of carbonyl (C=O) groups excluding carboxylic acids is 1. The van der Waals surface area contributed by atoms with Crippen molar-refractivity contribution in [2.45, 2.75) is 72.1 Å². The van der Waals surface area contributed by atoms with E-state index in [1.54, 1.807) is 0 Å². The lowest BCUT2D eigenvalue weighted by Gasteiger charge is -2.59. The molecule has 4 saturated carbocycles. The van der Waals surface area contributed by atoms with Crippen molar-refractivity contribution in [3.8, 4) is 0 Å². The zero-order chi connectivity index (χ0) is 18.7. The van der Waals surface area contributed by atoms with Crippen LogP contribution in [0.15, 0.2) is 0 Å². The number of hydrogen-bond donors (Lipinski definition) is 1. The van der Waals surface area contributed by atoms with Crippen LogP contribution in [0.3, 0.4) is 0 Å². The Morgan fingerprint density at radius 2 is 1.85 bits per heavy atom. The van der Waals surface area contributed by atoms with Crippen LogP contribution in [-0.4, -0.2) is 28.0 Å². The van der Waals surface area contributed by atoms with Crippen molar-refractivity contribution in [3.63, 3.8) is 0 Å². The molecule has 8 atom stereocenters. The van der Waals surface area contributed by atoms with Crippen LogP contribution >= 0.6 is 0 Å². The van der Waals surface area contributed by atoms with Crippen molar-refractivity contribution >= 4 is 11.5 Å². The summed E-state index contributed by atoms with van der Waals surface area (Å²) in [6.07, 6.45) is 8.69. The van der Waals surface area contributed by atoms with Crippen molar-refractivity contribution in [1.82, 2.24) is 0 Å². The van der Waals surface area contributed by atoms with Gasteiger partial charge in [0.25, 0.3) is 0 Å². The third-order valence-corrected chi connectivity index (χ3v) is 9.53. The lowest BCUT2D eigenvalue weighted by atomic mass is 9.44. The lowest BCUT2D eigenvalue weighted by Crippen LogP contribution is -2.56. The molecular weight excluding hydrogens is 324 g/mol. The van der Waals surface area contributed by atoms with Gasteiger partial charge >= 0.3 is 5.71 Å². The van der Waals surface area contributed by atoms with E-state index in [2.05, 4.69) is 25.6 Å². The molecule has 0 aromatic heterocycles. The number of hydrogen-bond acceptors (Lipinski definition) is 2. The van der Waals surface area contributed by atoms with Crippen LogP contribution in [0.4, 0.5) is 0 Å². The second-order valence-electron chi connectivity index (χ2n) is 10.3. The van der Waals surface area contributed by atoms with E-state index < -0.39 is 0 Å². The predicted octanol–water partition coefficient (Wildman–Crippen LogP) is 4.12. The van der Waals surface area contributed by atoms with Gasteiger partial charge in [-0.15, -0.1) is 0 Å². The fraction of sp³-hybridized carbons (Fsp3) is 0.909. The van der Waals surface area contributed by atoms with Crippen LogP contribution in [0.1, 0.15) is 72.1 Å². The molecule has 1 unspecified atom stereocenters. The first kappa shape index (κ1) is 18.4. The summed E-state index contributed by atoms with van der Waals surface area (Å²) >= 11 is 0. The molecule has 0 amide bonds. The quantitative estimate of drug-likeness (QED) is 0.595. The number of ketones is 1. The maximum absolute atomic E-state index is 12.3. The Labute approximate surface area is 157 Å². The Morgan fingerprint density at radius 1 is 1.12 bits per heavy atom. The molecule has 0 bridgehead atoms. The molecule has 26 heavy (non-hydrogen) atoms. The number of aliphatic hydroxyl groups is 1. The molecular formula is C22H34N2O2. The van der Waals surface area contributed by atoms with Crippen LogP contribution in [0, 0.1) is 46.3 Å². The summed E-state index contributed by atoms with van der Waals surface area (Å²) in [6.45, 7) is 7.40. The van der Waals surface area contributed by atoms with Crippen molar-refractivity contribution in [1.29, 1.82) is 0 Å². The van der Waals surface area contributed by atoms with Gasteiger partial charge in [-0.3, -0.25) is 4.79 Å². The van der Waals surface area contributed by atoms with Crippen LogP contribution in [0.2, 0.25) is 0 Å². The number of Topliss-reactive ketones (excluding diaryl/α,β-unsaturated/α-hetero) is 1. The van der Waals surface area contributed by atoms with Crippen molar-refractivity contribution < 1.29 is 14.7 Å². The SMILES string of the molecule is C[C@@H](CO)[C@H]1CC[C@H]2[C@@H]3CCC4C(=[N+]=[N-])C(=O)CC[C@]4(C)[C@H]3CC[C@]12C. The normalized spacial score (nSPS) is 49.0. The first-order valence-electron chi connectivity index (χ1n) is 10.7. The molecule has 0 saturated heterocycles. The van der Waals surface area contributed by atoms with Crippen LogP contribution in [0.5, 0.6) is 0 Å². The standard InChI is InChI=1S/C22H34N2O2/c1-13(12-25)15-6-7-16-14-4-5-18-20(24-23)19(26)9-11-22(18,3)17(14)8-10-21(15,16)2/h13-18,25H,4-12H2,1-3H3/t13-,14-,15+,16-,17-,18?,21+,22+/m0/s1. The first-order chi connectivity index (χ1) is 12.4. The Kier molecular flexibility index (Phi) is 4.44. The highest BCUT2D eigenvalue weighted by Gasteiger charge is 2.63. The predicted molar refractivity (Wildman–Crippen MR) is 100 cm³/mol. The Balaban J connectivity index is 1.64. The Hall–Kier alpha value is -0.990. The molecule has 4 heteroatoms. The molecule has 0 radical (unpaired) electrons. The summed E-state index contributed by atoms with van der Waals surface area (Å²) in [5, 5.41) is 9.74. The van der Waals surface area contributed by atoms with E-state index in [0.29, 0.717) is 41.9 Å². The van der Waals surface area contributed by atoms with Gasteiger partial charge in [0.15, 0.2) is 0 Å². The minimum Gasteiger partial charge on any atom is -0.396 e. The van der Waals surface area contributed by atoms with E-state index in [9.17, 15) is 15.4 Å². The van der Waals surface area contributed by atoms with Gasteiger partial charge in [-0.2, -0.15) is 4.79 Å². The largest absolute Gasteiger partial charge is 0.396 e. The monoisotopic (exact) mass is 358 g/mol. The highest BCUT2D eigenvalue weighted by atomic mass is 16.3. The Morgan fingerprint density at radius 3 is 2.54 bits per heavy atom. The molecule has 0 heterocycles. The number of aliphatic hydroxyl groups excluding tert-OH is 1. The average molecular weight is 359 g/mol.